The summed E-state index contributed by atoms with van der Waals surface area (Å²) in [4.78, 5) is 0. The zero-order valence-corrected chi connectivity index (χ0v) is 9.93. The van der Waals surface area contributed by atoms with Gasteiger partial charge in [-0.05, 0) is 51.4 Å². The number of benzene rings is 1. The Labute approximate surface area is 100.0 Å². The molecule has 0 spiro atoms. The fraction of sp³-hybridized carbons (Fsp3) is 0.538. The lowest BCUT2D eigenvalue weighted by molar-refractivity contribution is -0.0170. The summed E-state index contributed by atoms with van der Waals surface area (Å²) in [6, 6.07) is 3.33. The summed E-state index contributed by atoms with van der Waals surface area (Å²) in [6.45, 7) is 0.816. The van der Waals surface area contributed by atoms with Crippen LogP contribution in [0.2, 0.25) is 0 Å². The van der Waals surface area contributed by atoms with Crippen molar-refractivity contribution in [1.29, 1.82) is 0 Å². The molecule has 17 heavy (non-hydrogen) atoms. The van der Waals surface area contributed by atoms with Crippen molar-refractivity contribution >= 4 is 0 Å². The Kier molecular flexibility index (Phi) is 3.62. The molecular weight excluding hydrogens is 224 g/mol. The lowest BCUT2D eigenvalue weighted by Gasteiger charge is -2.42. The SMILES string of the molecule is CNCCC1(Oc2cc(F)ccc2F)CCC1. The van der Waals surface area contributed by atoms with Crippen molar-refractivity contribution in [3.63, 3.8) is 0 Å². The standard InChI is InChI=1S/C13H17F2NO/c1-16-8-7-13(5-2-6-13)17-12-9-10(14)3-4-11(12)15/h3-4,9,16H,2,5-8H2,1H3. The molecule has 1 aliphatic rings. The van der Waals surface area contributed by atoms with Crippen LogP contribution in [0.25, 0.3) is 0 Å². The van der Waals surface area contributed by atoms with Crippen molar-refractivity contribution < 1.29 is 13.5 Å². The Hall–Kier alpha value is -1.16. The van der Waals surface area contributed by atoms with E-state index in [0.717, 1.165) is 50.4 Å². The molecule has 1 saturated carbocycles. The molecule has 1 N–H and O–H groups in total. The lowest BCUT2D eigenvalue weighted by atomic mass is 9.77. The Morgan fingerprint density at radius 1 is 1.35 bits per heavy atom. The molecule has 0 aromatic heterocycles. The Morgan fingerprint density at radius 2 is 2.12 bits per heavy atom. The molecule has 0 amide bonds. The Bertz CT molecular complexity index is 391. The van der Waals surface area contributed by atoms with Crippen molar-refractivity contribution in [3.05, 3.63) is 29.8 Å². The van der Waals surface area contributed by atoms with Crippen molar-refractivity contribution in [1.82, 2.24) is 5.32 Å². The highest BCUT2D eigenvalue weighted by molar-refractivity contribution is 5.26. The number of nitrogens with one attached hydrogen (secondary N) is 1. The van der Waals surface area contributed by atoms with Crippen molar-refractivity contribution in [2.45, 2.75) is 31.3 Å². The number of hydrogen-bond donors (Lipinski definition) is 1. The molecule has 1 aliphatic carbocycles. The first-order valence-corrected chi connectivity index (χ1v) is 5.94. The van der Waals surface area contributed by atoms with Crippen LogP contribution in [0.5, 0.6) is 5.75 Å². The van der Waals surface area contributed by atoms with Gasteiger partial charge in [0.15, 0.2) is 11.6 Å². The second-order valence-electron chi connectivity index (χ2n) is 4.57. The van der Waals surface area contributed by atoms with E-state index in [-0.39, 0.29) is 11.4 Å². The van der Waals surface area contributed by atoms with Gasteiger partial charge in [0.1, 0.15) is 11.4 Å². The van der Waals surface area contributed by atoms with Gasteiger partial charge in [0.25, 0.3) is 0 Å². The molecule has 1 aromatic carbocycles. The van der Waals surface area contributed by atoms with Crippen molar-refractivity contribution in [3.8, 4) is 5.75 Å². The predicted molar refractivity (Wildman–Crippen MR) is 62.1 cm³/mol. The number of halogens is 2. The summed E-state index contributed by atoms with van der Waals surface area (Å²) in [6.07, 6.45) is 3.72. The van der Waals surface area contributed by atoms with E-state index >= 15 is 0 Å². The number of rotatable bonds is 5. The van der Waals surface area contributed by atoms with Crippen LogP contribution in [0.3, 0.4) is 0 Å². The number of ether oxygens (including phenoxy) is 1. The van der Waals surface area contributed by atoms with Gasteiger partial charge in [-0.25, -0.2) is 8.78 Å². The molecule has 0 atom stereocenters. The van der Waals surface area contributed by atoms with Gasteiger partial charge in [-0.3, -0.25) is 0 Å². The zero-order valence-electron chi connectivity index (χ0n) is 9.93. The second kappa shape index (κ2) is 5.00. The van der Waals surface area contributed by atoms with Gasteiger partial charge in [-0.1, -0.05) is 0 Å². The van der Waals surface area contributed by atoms with Gasteiger partial charge in [-0.15, -0.1) is 0 Å². The first-order chi connectivity index (χ1) is 8.15. The quantitative estimate of drug-likeness (QED) is 0.855. The summed E-state index contributed by atoms with van der Waals surface area (Å²) < 4.78 is 32.2. The van der Waals surface area contributed by atoms with E-state index in [1.54, 1.807) is 0 Å². The minimum Gasteiger partial charge on any atom is -0.484 e. The smallest absolute Gasteiger partial charge is 0.165 e. The molecule has 2 rings (SSSR count). The molecular formula is C13H17F2NO. The summed E-state index contributed by atoms with van der Waals surface area (Å²) in [7, 11) is 1.87. The second-order valence-corrected chi connectivity index (χ2v) is 4.57. The van der Waals surface area contributed by atoms with E-state index in [9.17, 15) is 8.78 Å². The normalized spacial score (nSPS) is 17.6. The maximum atomic E-state index is 13.5. The van der Waals surface area contributed by atoms with Gasteiger partial charge >= 0.3 is 0 Å². The molecule has 1 fully saturated rings. The highest BCUT2D eigenvalue weighted by atomic mass is 19.1. The van der Waals surface area contributed by atoms with Gasteiger partial charge < -0.3 is 10.1 Å². The number of hydrogen-bond acceptors (Lipinski definition) is 2. The summed E-state index contributed by atoms with van der Waals surface area (Å²) in [5.74, 6) is -0.938. The summed E-state index contributed by atoms with van der Waals surface area (Å²) >= 11 is 0. The van der Waals surface area contributed by atoms with Crippen LogP contribution < -0.4 is 10.1 Å². The molecule has 0 saturated heterocycles. The molecule has 2 nitrogen and oxygen atoms in total. The van der Waals surface area contributed by atoms with Gasteiger partial charge in [0, 0.05) is 6.07 Å². The third kappa shape index (κ3) is 2.75. The fourth-order valence-electron chi connectivity index (χ4n) is 2.12. The fourth-order valence-corrected chi connectivity index (χ4v) is 2.12. The lowest BCUT2D eigenvalue weighted by Crippen LogP contribution is -2.45. The van der Waals surface area contributed by atoms with Gasteiger partial charge in [0.2, 0.25) is 0 Å². The average Bonchev–Trinajstić information content (AvgIpc) is 2.26. The van der Waals surface area contributed by atoms with Crippen molar-refractivity contribution in [2.75, 3.05) is 13.6 Å². The van der Waals surface area contributed by atoms with Crippen LogP contribution in [0, 0.1) is 11.6 Å². The third-order valence-corrected chi connectivity index (χ3v) is 3.32. The van der Waals surface area contributed by atoms with Crippen molar-refractivity contribution in [2.24, 2.45) is 0 Å². The minimum absolute atomic E-state index is 0.0285. The summed E-state index contributed by atoms with van der Waals surface area (Å²) in [5, 5.41) is 3.06. The molecule has 0 bridgehead atoms. The summed E-state index contributed by atoms with van der Waals surface area (Å²) in [5.41, 5.74) is -0.308. The first-order valence-electron chi connectivity index (χ1n) is 5.94. The Balaban J connectivity index is 2.09. The van der Waals surface area contributed by atoms with E-state index in [1.807, 2.05) is 7.05 Å². The van der Waals surface area contributed by atoms with Crippen LogP contribution in [-0.2, 0) is 0 Å². The van der Waals surface area contributed by atoms with Crippen LogP contribution in [-0.4, -0.2) is 19.2 Å². The Morgan fingerprint density at radius 3 is 2.71 bits per heavy atom. The highest BCUT2D eigenvalue weighted by Crippen LogP contribution is 2.39. The maximum absolute atomic E-state index is 13.5. The molecule has 1 aromatic rings. The molecule has 94 valence electrons. The largest absolute Gasteiger partial charge is 0.484 e. The average molecular weight is 241 g/mol. The molecule has 0 radical (unpaired) electrons. The van der Waals surface area contributed by atoms with E-state index in [4.69, 9.17) is 4.74 Å². The van der Waals surface area contributed by atoms with E-state index in [1.165, 1.54) is 0 Å². The highest BCUT2D eigenvalue weighted by Gasteiger charge is 2.39. The van der Waals surface area contributed by atoms with Crippen LogP contribution >= 0.6 is 0 Å². The predicted octanol–water partition coefficient (Wildman–Crippen LogP) is 2.88. The molecule has 0 heterocycles. The van der Waals surface area contributed by atoms with Crippen LogP contribution in [0.4, 0.5) is 8.78 Å². The maximum Gasteiger partial charge on any atom is 0.165 e. The first kappa shape index (κ1) is 12.3. The van der Waals surface area contributed by atoms with E-state index in [2.05, 4.69) is 5.32 Å². The molecule has 4 heteroatoms. The molecule has 0 aliphatic heterocycles. The van der Waals surface area contributed by atoms with E-state index in [0.29, 0.717) is 0 Å². The van der Waals surface area contributed by atoms with Crippen LogP contribution in [0.15, 0.2) is 18.2 Å². The minimum atomic E-state index is -0.498. The zero-order chi connectivity index (χ0) is 12.3. The molecule has 0 unspecified atom stereocenters. The van der Waals surface area contributed by atoms with E-state index < -0.39 is 11.6 Å². The topological polar surface area (TPSA) is 21.3 Å². The monoisotopic (exact) mass is 241 g/mol. The van der Waals surface area contributed by atoms with Crippen LogP contribution in [0.1, 0.15) is 25.7 Å². The van der Waals surface area contributed by atoms with Gasteiger partial charge in [-0.2, -0.15) is 0 Å². The van der Waals surface area contributed by atoms with Gasteiger partial charge in [0.05, 0.1) is 0 Å². The third-order valence-electron chi connectivity index (χ3n) is 3.32.